The normalized spacial score (nSPS) is 12.1. The molecule has 0 aromatic carbocycles. The highest BCUT2D eigenvalue weighted by Crippen LogP contribution is 2.08. The zero-order valence-corrected chi connectivity index (χ0v) is 9.60. The third-order valence-electron chi connectivity index (χ3n) is 2.10. The van der Waals surface area contributed by atoms with Gasteiger partial charge in [-0.15, -0.1) is 0 Å². The van der Waals surface area contributed by atoms with Crippen LogP contribution in [0.2, 0.25) is 0 Å². The first-order chi connectivity index (χ1) is 7.61. The molecule has 1 heterocycles. The molecule has 5 nitrogen and oxygen atoms in total. The van der Waals surface area contributed by atoms with Crippen LogP contribution in [-0.4, -0.2) is 27.1 Å². The van der Waals surface area contributed by atoms with E-state index in [0.717, 1.165) is 18.5 Å². The Bertz CT molecular complexity index is 355. The summed E-state index contributed by atoms with van der Waals surface area (Å²) in [5, 5.41) is 11.7. The van der Waals surface area contributed by atoms with Crippen LogP contribution in [0.4, 0.5) is 5.82 Å². The van der Waals surface area contributed by atoms with Crippen LogP contribution in [0.3, 0.4) is 0 Å². The molecule has 16 heavy (non-hydrogen) atoms. The van der Waals surface area contributed by atoms with Gasteiger partial charge in [0.2, 0.25) is 0 Å². The minimum absolute atomic E-state index is 0.0765. The van der Waals surface area contributed by atoms with E-state index in [0.29, 0.717) is 5.82 Å². The lowest BCUT2D eigenvalue weighted by molar-refractivity contribution is -0.137. The molecule has 1 aromatic heterocycles. The highest BCUT2D eigenvalue weighted by molar-refractivity contribution is 5.68. The minimum atomic E-state index is -0.817. The van der Waals surface area contributed by atoms with Gasteiger partial charge in [-0.2, -0.15) is 0 Å². The molecule has 0 bridgehead atoms. The van der Waals surface area contributed by atoms with Crippen molar-refractivity contribution in [2.45, 2.75) is 39.2 Å². The monoisotopic (exact) mass is 223 g/mol. The maximum absolute atomic E-state index is 10.5. The molecular formula is C11H17N3O2. The number of carboxylic acid groups (broad SMARTS) is 1. The van der Waals surface area contributed by atoms with Crippen molar-refractivity contribution >= 4 is 11.8 Å². The maximum Gasteiger partial charge on any atom is 0.305 e. The molecule has 1 rings (SSSR count). The lowest BCUT2D eigenvalue weighted by Gasteiger charge is -2.12. The third-order valence-corrected chi connectivity index (χ3v) is 2.10. The SMILES string of the molecule is CCCc1cc(NC(C)CC(=O)O)ncn1. The fraction of sp³-hybridized carbons (Fsp3) is 0.545. The first-order valence-corrected chi connectivity index (χ1v) is 5.41. The molecule has 0 saturated carbocycles. The Morgan fingerprint density at radius 2 is 2.31 bits per heavy atom. The van der Waals surface area contributed by atoms with Crippen LogP contribution in [0.25, 0.3) is 0 Å². The predicted molar refractivity (Wildman–Crippen MR) is 61.4 cm³/mol. The topological polar surface area (TPSA) is 75.1 Å². The van der Waals surface area contributed by atoms with Crippen LogP contribution >= 0.6 is 0 Å². The van der Waals surface area contributed by atoms with Crippen LogP contribution in [-0.2, 0) is 11.2 Å². The summed E-state index contributed by atoms with van der Waals surface area (Å²) in [6, 6.07) is 1.73. The van der Waals surface area contributed by atoms with Gasteiger partial charge in [0, 0.05) is 17.8 Å². The molecule has 1 unspecified atom stereocenters. The number of hydrogen-bond donors (Lipinski definition) is 2. The van der Waals surface area contributed by atoms with Crippen molar-refractivity contribution in [3.05, 3.63) is 18.1 Å². The Hall–Kier alpha value is -1.65. The lowest BCUT2D eigenvalue weighted by atomic mass is 10.2. The molecule has 0 spiro atoms. The van der Waals surface area contributed by atoms with Gasteiger partial charge in [0.25, 0.3) is 0 Å². The first kappa shape index (κ1) is 12.4. The summed E-state index contributed by atoms with van der Waals surface area (Å²) in [5.74, 6) is -0.130. The fourth-order valence-corrected chi connectivity index (χ4v) is 1.43. The van der Waals surface area contributed by atoms with Gasteiger partial charge in [0.05, 0.1) is 6.42 Å². The molecule has 5 heteroatoms. The van der Waals surface area contributed by atoms with Gasteiger partial charge in [0.1, 0.15) is 12.1 Å². The smallest absolute Gasteiger partial charge is 0.305 e. The Kier molecular flexibility index (Phi) is 4.69. The number of nitrogens with zero attached hydrogens (tertiary/aromatic N) is 2. The number of hydrogen-bond acceptors (Lipinski definition) is 4. The summed E-state index contributed by atoms with van der Waals surface area (Å²) in [5.41, 5.74) is 0.975. The summed E-state index contributed by atoms with van der Waals surface area (Å²) in [6.45, 7) is 3.90. The highest BCUT2D eigenvalue weighted by atomic mass is 16.4. The third kappa shape index (κ3) is 4.25. The van der Waals surface area contributed by atoms with E-state index in [1.165, 1.54) is 6.33 Å². The largest absolute Gasteiger partial charge is 0.481 e. The number of aromatic nitrogens is 2. The van der Waals surface area contributed by atoms with Gasteiger partial charge < -0.3 is 10.4 Å². The molecule has 88 valence electrons. The zero-order valence-electron chi connectivity index (χ0n) is 9.60. The molecule has 0 amide bonds. The number of nitrogens with one attached hydrogen (secondary N) is 1. The molecule has 1 atom stereocenters. The molecule has 1 aromatic rings. The van der Waals surface area contributed by atoms with E-state index in [9.17, 15) is 4.79 Å². The standard InChI is InChI=1S/C11H17N3O2/c1-3-4-9-6-10(13-7-12-9)14-8(2)5-11(15)16/h6-8H,3-5H2,1-2H3,(H,15,16)(H,12,13,14). The molecule has 0 fully saturated rings. The summed E-state index contributed by atoms with van der Waals surface area (Å²) in [4.78, 5) is 18.7. The van der Waals surface area contributed by atoms with Crippen LogP contribution in [0.1, 0.15) is 32.4 Å². The van der Waals surface area contributed by atoms with E-state index in [1.807, 2.05) is 13.0 Å². The fourth-order valence-electron chi connectivity index (χ4n) is 1.43. The molecule has 0 saturated heterocycles. The second-order valence-electron chi connectivity index (χ2n) is 3.79. The minimum Gasteiger partial charge on any atom is -0.481 e. The first-order valence-electron chi connectivity index (χ1n) is 5.41. The number of anilines is 1. The summed E-state index contributed by atoms with van der Waals surface area (Å²) >= 11 is 0. The molecular weight excluding hydrogens is 206 g/mol. The van der Waals surface area contributed by atoms with Crippen molar-refractivity contribution in [2.75, 3.05) is 5.32 Å². The summed E-state index contributed by atoms with van der Waals surface area (Å²) in [6.07, 6.45) is 3.51. The van der Waals surface area contributed by atoms with Crippen molar-refractivity contribution in [2.24, 2.45) is 0 Å². The maximum atomic E-state index is 10.5. The van der Waals surface area contributed by atoms with E-state index < -0.39 is 5.97 Å². The van der Waals surface area contributed by atoms with Gasteiger partial charge in [0.15, 0.2) is 0 Å². The predicted octanol–water partition coefficient (Wildman–Crippen LogP) is 1.70. The Morgan fingerprint density at radius 1 is 1.56 bits per heavy atom. The van der Waals surface area contributed by atoms with Crippen LogP contribution in [0, 0.1) is 0 Å². The summed E-state index contributed by atoms with van der Waals surface area (Å²) < 4.78 is 0. The summed E-state index contributed by atoms with van der Waals surface area (Å²) in [7, 11) is 0. The second-order valence-corrected chi connectivity index (χ2v) is 3.79. The van der Waals surface area contributed by atoms with Gasteiger partial charge in [-0.05, 0) is 13.3 Å². The van der Waals surface area contributed by atoms with Crippen molar-refractivity contribution < 1.29 is 9.90 Å². The van der Waals surface area contributed by atoms with Crippen molar-refractivity contribution in [3.63, 3.8) is 0 Å². The van der Waals surface area contributed by atoms with E-state index in [1.54, 1.807) is 0 Å². The Morgan fingerprint density at radius 3 is 2.94 bits per heavy atom. The van der Waals surface area contributed by atoms with E-state index in [2.05, 4.69) is 22.2 Å². The average Bonchev–Trinajstić information content (AvgIpc) is 2.17. The quantitative estimate of drug-likeness (QED) is 0.767. The number of rotatable bonds is 6. The van der Waals surface area contributed by atoms with Gasteiger partial charge >= 0.3 is 5.97 Å². The molecule has 2 N–H and O–H groups in total. The van der Waals surface area contributed by atoms with Crippen LogP contribution < -0.4 is 5.32 Å². The molecule has 0 radical (unpaired) electrons. The second kappa shape index (κ2) is 6.05. The number of carbonyl (C=O) groups is 1. The van der Waals surface area contributed by atoms with E-state index >= 15 is 0 Å². The molecule has 0 aliphatic heterocycles. The Labute approximate surface area is 94.9 Å². The molecule has 0 aliphatic rings. The average molecular weight is 223 g/mol. The zero-order chi connectivity index (χ0) is 12.0. The van der Waals surface area contributed by atoms with Crippen molar-refractivity contribution in [1.82, 2.24) is 9.97 Å². The lowest BCUT2D eigenvalue weighted by Crippen LogP contribution is -2.20. The highest BCUT2D eigenvalue weighted by Gasteiger charge is 2.08. The molecule has 0 aliphatic carbocycles. The van der Waals surface area contributed by atoms with Crippen LogP contribution in [0.15, 0.2) is 12.4 Å². The number of aliphatic carboxylic acids is 1. The van der Waals surface area contributed by atoms with Gasteiger partial charge in [-0.25, -0.2) is 9.97 Å². The Balaban J connectivity index is 2.59. The van der Waals surface area contributed by atoms with Gasteiger partial charge in [-0.3, -0.25) is 4.79 Å². The number of carboxylic acids is 1. The van der Waals surface area contributed by atoms with E-state index in [-0.39, 0.29) is 12.5 Å². The van der Waals surface area contributed by atoms with Crippen molar-refractivity contribution in [1.29, 1.82) is 0 Å². The van der Waals surface area contributed by atoms with Crippen LogP contribution in [0.5, 0.6) is 0 Å². The van der Waals surface area contributed by atoms with E-state index in [4.69, 9.17) is 5.11 Å². The van der Waals surface area contributed by atoms with Crippen molar-refractivity contribution in [3.8, 4) is 0 Å². The van der Waals surface area contributed by atoms with Gasteiger partial charge in [-0.1, -0.05) is 13.3 Å². The number of aryl methyl sites for hydroxylation is 1.